The fourth-order valence-electron chi connectivity index (χ4n) is 1.02. The van der Waals surface area contributed by atoms with Gasteiger partial charge in [0.25, 0.3) is 0 Å². The molecule has 0 N–H and O–H groups in total. The molecule has 0 spiro atoms. The van der Waals surface area contributed by atoms with Crippen molar-refractivity contribution in [2.75, 3.05) is 0 Å². The number of halogens is 3. The second-order valence-corrected chi connectivity index (χ2v) is 2.73. The van der Waals surface area contributed by atoms with E-state index in [-0.39, 0.29) is 5.82 Å². The average molecular weight is 193 g/mol. The van der Waals surface area contributed by atoms with Crippen LogP contribution in [0.1, 0.15) is 19.2 Å². The van der Waals surface area contributed by atoms with Crippen LogP contribution in [0.15, 0.2) is 6.33 Å². The second kappa shape index (κ2) is 3.76. The zero-order valence-electron chi connectivity index (χ0n) is 7.17. The second-order valence-electron chi connectivity index (χ2n) is 2.73. The van der Waals surface area contributed by atoms with Gasteiger partial charge in [0.05, 0.1) is 0 Å². The van der Waals surface area contributed by atoms with Gasteiger partial charge in [-0.2, -0.15) is 13.2 Å². The quantitative estimate of drug-likeness (QED) is 0.732. The zero-order valence-corrected chi connectivity index (χ0v) is 7.17. The summed E-state index contributed by atoms with van der Waals surface area (Å²) in [5.41, 5.74) is 0. The highest BCUT2D eigenvalue weighted by atomic mass is 19.4. The predicted octanol–water partition coefficient (Wildman–Crippen LogP) is 1.79. The Morgan fingerprint density at radius 1 is 1.46 bits per heavy atom. The van der Waals surface area contributed by atoms with Crippen molar-refractivity contribution < 1.29 is 13.2 Å². The van der Waals surface area contributed by atoms with Gasteiger partial charge in [-0.05, 0) is 6.42 Å². The van der Waals surface area contributed by atoms with E-state index in [9.17, 15) is 13.2 Å². The Morgan fingerprint density at radius 2 is 2.15 bits per heavy atom. The molecule has 1 rings (SSSR count). The Kier molecular flexibility index (Phi) is 2.90. The van der Waals surface area contributed by atoms with Crippen LogP contribution >= 0.6 is 0 Å². The van der Waals surface area contributed by atoms with Crippen molar-refractivity contribution >= 4 is 0 Å². The highest BCUT2D eigenvalue weighted by Crippen LogP contribution is 2.19. The fraction of sp³-hybridized carbons (Fsp3) is 0.714. The molecule has 0 atom stereocenters. The van der Waals surface area contributed by atoms with Crippen molar-refractivity contribution in [2.24, 2.45) is 0 Å². The van der Waals surface area contributed by atoms with E-state index >= 15 is 0 Å². The number of aryl methyl sites for hydroxylation is 1. The summed E-state index contributed by atoms with van der Waals surface area (Å²) in [7, 11) is 0. The smallest absolute Gasteiger partial charge is 0.317 e. The van der Waals surface area contributed by atoms with E-state index in [1.165, 1.54) is 10.9 Å². The molecule has 0 fully saturated rings. The van der Waals surface area contributed by atoms with Crippen LogP contribution < -0.4 is 0 Å². The molecule has 0 aliphatic heterocycles. The van der Waals surface area contributed by atoms with Gasteiger partial charge >= 0.3 is 6.18 Å². The molecule has 0 amide bonds. The van der Waals surface area contributed by atoms with Gasteiger partial charge in [0.2, 0.25) is 0 Å². The van der Waals surface area contributed by atoms with Crippen molar-refractivity contribution in [3.63, 3.8) is 0 Å². The van der Waals surface area contributed by atoms with E-state index < -0.39 is 12.6 Å². The number of hydrogen-bond acceptors (Lipinski definition) is 2. The Bertz CT molecular complexity index is 266. The molecule has 0 aromatic carbocycles. The summed E-state index contributed by atoms with van der Waals surface area (Å²) in [6.45, 7) is 2.41. The molecule has 74 valence electrons. The summed E-state index contributed by atoms with van der Waals surface area (Å²) in [5.74, 6) is -0.0191. The minimum atomic E-state index is -4.21. The maximum Gasteiger partial charge on any atom is 0.396 e. The molecule has 0 radical (unpaired) electrons. The first-order chi connectivity index (χ1) is 6.03. The largest absolute Gasteiger partial charge is 0.396 e. The van der Waals surface area contributed by atoms with E-state index in [4.69, 9.17) is 0 Å². The number of alkyl halides is 3. The molecule has 0 aliphatic rings. The fourth-order valence-corrected chi connectivity index (χ4v) is 1.02. The Hall–Kier alpha value is -1.07. The summed E-state index contributed by atoms with van der Waals surface area (Å²) >= 11 is 0. The normalized spacial score (nSPS) is 12.0. The molecule has 13 heavy (non-hydrogen) atoms. The van der Waals surface area contributed by atoms with Gasteiger partial charge in [-0.1, -0.05) is 6.92 Å². The van der Waals surface area contributed by atoms with Crippen LogP contribution in [0.25, 0.3) is 0 Å². The maximum atomic E-state index is 12.0. The van der Waals surface area contributed by atoms with Crippen LogP contribution in [0, 0.1) is 0 Å². The van der Waals surface area contributed by atoms with E-state index in [1.807, 2.05) is 6.92 Å². The predicted molar refractivity (Wildman–Crippen MR) is 40.1 cm³/mol. The summed E-state index contributed by atoms with van der Waals surface area (Å²) in [4.78, 5) is 0. The minimum absolute atomic E-state index is 0.0191. The van der Waals surface area contributed by atoms with Crippen LogP contribution in [0.4, 0.5) is 13.2 Å². The van der Waals surface area contributed by atoms with Gasteiger partial charge in [-0.3, -0.25) is 0 Å². The lowest BCUT2D eigenvalue weighted by Crippen LogP contribution is -2.16. The lowest BCUT2D eigenvalue weighted by atomic mass is 10.4. The molecule has 1 aromatic heterocycles. The Balaban J connectivity index is 2.70. The monoisotopic (exact) mass is 193 g/mol. The van der Waals surface area contributed by atoms with Crippen molar-refractivity contribution in [2.45, 2.75) is 32.5 Å². The molecular weight excluding hydrogens is 183 g/mol. The number of rotatable bonds is 3. The summed E-state index contributed by atoms with van der Waals surface area (Å²) in [6, 6.07) is 0. The van der Waals surface area contributed by atoms with Gasteiger partial charge in [0.15, 0.2) is 0 Å². The molecule has 0 saturated carbocycles. The van der Waals surface area contributed by atoms with Crippen LogP contribution in [-0.2, 0) is 13.0 Å². The standard InChI is InChI=1S/C7H10F3N3/c1-2-3-13-5-11-12-6(13)4-7(8,9)10/h5H,2-4H2,1H3. The number of aromatic nitrogens is 3. The van der Waals surface area contributed by atoms with Gasteiger partial charge in [0, 0.05) is 6.54 Å². The maximum absolute atomic E-state index is 12.0. The first kappa shape index (κ1) is 10.0. The van der Waals surface area contributed by atoms with E-state index in [0.717, 1.165) is 6.42 Å². The van der Waals surface area contributed by atoms with Gasteiger partial charge in [0.1, 0.15) is 18.6 Å². The molecule has 0 aliphatic carbocycles. The summed E-state index contributed by atoms with van der Waals surface area (Å²) in [6.07, 6.45) is -3.13. The van der Waals surface area contributed by atoms with Crippen molar-refractivity contribution in [3.8, 4) is 0 Å². The van der Waals surface area contributed by atoms with Gasteiger partial charge < -0.3 is 4.57 Å². The van der Waals surface area contributed by atoms with Crippen LogP contribution in [0.3, 0.4) is 0 Å². The van der Waals surface area contributed by atoms with E-state index in [2.05, 4.69) is 10.2 Å². The molecule has 1 heterocycles. The molecule has 6 heteroatoms. The van der Waals surface area contributed by atoms with E-state index in [1.54, 1.807) is 0 Å². The molecule has 0 saturated heterocycles. The van der Waals surface area contributed by atoms with E-state index in [0.29, 0.717) is 6.54 Å². The third-order valence-corrected chi connectivity index (χ3v) is 1.52. The van der Waals surface area contributed by atoms with Gasteiger partial charge in [-0.15, -0.1) is 10.2 Å². The van der Waals surface area contributed by atoms with Crippen molar-refractivity contribution in [1.29, 1.82) is 0 Å². The lowest BCUT2D eigenvalue weighted by Gasteiger charge is -2.06. The third-order valence-electron chi connectivity index (χ3n) is 1.52. The van der Waals surface area contributed by atoms with Crippen LogP contribution in [0.2, 0.25) is 0 Å². The topological polar surface area (TPSA) is 30.7 Å². The number of nitrogens with zero attached hydrogens (tertiary/aromatic N) is 3. The highest BCUT2D eigenvalue weighted by molar-refractivity contribution is 4.88. The summed E-state index contributed by atoms with van der Waals surface area (Å²) in [5, 5.41) is 6.85. The lowest BCUT2D eigenvalue weighted by molar-refractivity contribution is -0.129. The molecule has 1 aromatic rings. The molecule has 0 unspecified atom stereocenters. The number of hydrogen-bond donors (Lipinski definition) is 0. The van der Waals surface area contributed by atoms with Crippen molar-refractivity contribution in [1.82, 2.24) is 14.8 Å². The SMILES string of the molecule is CCCn1cnnc1CC(F)(F)F. The van der Waals surface area contributed by atoms with Crippen LogP contribution in [-0.4, -0.2) is 20.9 Å². The van der Waals surface area contributed by atoms with Crippen LogP contribution in [0.5, 0.6) is 0 Å². The molecule has 3 nitrogen and oxygen atoms in total. The highest BCUT2D eigenvalue weighted by Gasteiger charge is 2.30. The Labute approximate surface area is 73.6 Å². The van der Waals surface area contributed by atoms with Gasteiger partial charge in [-0.25, -0.2) is 0 Å². The average Bonchev–Trinajstić information content (AvgIpc) is 2.34. The first-order valence-corrected chi connectivity index (χ1v) is 3.96. The minimum Gasteiger partial charge on any atom is -0.317 e. The molecular formula is C7H10F3N3. The molecule has 0 bridgehead atoms. The first-order valence-electron chi connectivity index (χ1n) is 3.96. The van der Waals surface area contributed by atoms with Crippen molar-refractivity contribution in [3.05, 3.63) is 12.2 Å². The third kappa shape index (κ3) is 3.04. The zero-order chi connectivity index (χ0) is 9.90. The summed E-state index contributed by atoms with van der Waals surface area (Å²) < 4.78 is 37.3. The Morgan fingerprint density at radius 3 is 2.69 bits per heavy atom.